The number of rotatable bonds is 2. The monoisotopic (exact) mass is 308 g/mol. The smallest absolute Gasteiger partial charge is 0.252 e. The third-order valence-electron chi connectivity index (χ3n) is 4.79. The fourth-order valence-electron chi connectivity index (χ4n) is 3.67. The van der Waals surface area contributed by atoms with Crippen LogP contribution in [0.3, 0.4) is 0 Å². The summed E-state index contributed by atoms with van der Waals surface area (Å²) in [6.07, 6.45) is 6.02. The van der Waals surface area contributed by atoms with Crippen LogP contribution in [0.1, 0.15) is 35.6 Å². The second kappa shape index (κ2) is 6.13. The lowest BCUT2D eigenvalue weighted by atomic mass is 9.88. The van der Waals surface area contributed by atoms with Crippen LogP contribution in [0.5, 0.6) is 0 Å². The van der Waals surface area contributed by atoms with Crippen LogP contribution < -0.4 is 0 Å². The molecule has 0 N–H and O–H groups in total. The molecule has 1 fully saturated rings. The van der Waals surface area contributed by atoms with Crippen molar-refractivity contribution in [2.24, 2.45) is 0 Å². The number of aromatic nitrogens is 1. The molecule has 4 heteroatoms. The molecule has 2 aliphatic rings. The lowest BCUT2D eigenvalue weighted by Crippen LogP contribution is -2.45. The summed E-state index contributed by atoms with van der Waals surface area (Å²) in [6, 6.07) is 12.4. The second-order valence-electron chi connectivity index (χ2n) is 6.17. The van der Waals surface area contributed by atoms with Crippen molar-refractivity contribution in [3.63, 3.8) is 0 Å². The number of nitrogens with zero attached hydrogens (tertiary/aromatic N) is 2. The van der Waals surface area contributed by atoms with E-state index < -0.39 is 0 Å². The molecule has 0 bridgehead atoms. The molecule has 1 aromatic heterocycles. The number of fused-ring (bicyclic) bond motifs is 1. The van der Waals surface area contributed by atoms with Crippen molar-refractivity contribution in [3.05, 3.63) is 65.5 Å². The second-order valence-corrected chi connectivity index (χ2v) is 6.17. The third kappa shape index (κ3) is 2.63. The lowest BCUT2D eigenvalue weighted by Gasteiger charge is -2.38. The first-order valence-corrected chi connectivity index (χ1v) is 8.24. The van der Waals surface area contributed by atoms with Gasteiger partial charge in [0.1, 0.15) is 6.10 Å². The average molecular weight is 308 g/mol. The maximum Gasteiger partial charge on any atom is 0.252 e. The molecule has 0 aliphatic carbocycles. The molecule has 2 aliphatic heterocycles. The number of hydrogen-bond donors (Lipinski definition) is 0. The van der Waals surface area contributed by atoms with Crippen molar-refractivity contribution >= 4 is 5.91 Å². The van der Waals surface area contributed by atoms with Gasteiger partial charge in [0.25, 0.3) is 5.91 Å². The Morgan fingerprint density at radius 2 is 2.00 bits per heavy atom. The Bertz CT molecular complexity index is 696. The predicted molar refractivity (Wildman–Crippen MR) is 86.9 cm³/mol. The van der Waals surface area contributed by atoms with Gasteiger partial charge >= 0.3 is 0 Å². The number of carbonyl (C=O) groups excluding carboxylic acids is 1. The van der Waals surface area contributed by atoms with Gasteiger partial charge in [-0.05, 0) is 48.1 Å². The van der Waals surface area contributed by atoms with Crippen molar-refractivity contribution in [1.29, 1.82) is 0 Å². The van der Waals surface area contributed by atoms with Crippen LogP contribution in [-0.2, 0) is 16.0 Å². The Balaban J connectivity index is 1.75. The van der Waals surface area contributed by atoms with E-state index in [0.29, 0.717) is 6.61 Å². The third-order valence-corrected chi connectivity index (χ3v) is 4.79. The zero-order valence-corrected chi connectivity index (χ0v) is 13.0. The van der Waals surface area contributed by atoms with Gasteiger partial charge in [0.05, 0.1) is 6.04 Å². The van der Waals surface area contributed by atoms with Gasteiger partial charge in [0.2, 0.25) is 0 Å². The van der Waals surface area contributed by atoms with E-state index in [1.165, 1.54) is 11.1 Å². The van der Waals surface area contributed by atoms with Crippen molar-refractivity contribution in [3.8, 4) is 0 Å². The number of benzene rings is 1. The van der Waals surface area contributed by atoms with Gasteiger partial charge < -0.3 is 9.64 Å². The van der Waals surface area contributed by atoms with Crippen LogP contribution in [0.15, 0.2) is 48.8 Å². The summed E-state index contributed by atoms with van der Waals surface area (Å²) >= 11 is 0. The molecule has 1 amide bonds. The quantitative estimate of drug-likeness (QED) is 0.857. The number of pyridine rings is 1. The van der Waals surface area contributed by atoms with Gasteiger partial charge in [-0.25, -0.2) is 0 Å². The van der Waals surface area contributed by atoms with Crippen LogP contribution in [0, 0.1) is 0 Å². The predicted octanol–water partition coefficient (Wildman–Crippen LogP) is 2.73. The van der Waals surface area contributed by atoms with Gasteiger partial charge in [0.15, 0.2) is 0 Å². The number of ether oxygens (including phenoxy) is 1. The molecule has 4 rings (SSSR count). The standard InChI is InChI=1S/C19H20N2O2/c22-19(17-6-3-13-23-17)21-12-9-14-4-1-2-5-16(14)18(21)15-7-10-20-11-8-15/h1-2,4-5,7-8,10-11,17-18H,3,6,9,12-13H2. The highest BCUT2D eigenvalue weighted by Crippen LogP contribution is 2.36. The van der Waals surface area contributed by atoms with Gasteiger partial charge in [-0.1, -0.05) is 24.3 Å². The van der Waals surface area contributed by atoms with E-state index in [-0.39, 0.29) is 18.1 Å². The molecule has 3 heterocycles. The first-order chi connectivity index (χ1) is 11.3. The summed E-state index contributed by atoms with van der Waals surface area (Å²) in [5, 5.41) is 0. The number of carbonyl (C=O) groups is 1. The van der Waals surface area contributed by atoms with E-state index >= 15 is 0 Å². The SMILES string of the molecule is O=C(C1CCCO1)N1CCc2ccccc2C1c1ccncc1. The van der Waals surface area contributed by atoms with E-state index in [4.69, 9.17) is 4.74 Å². The first-order valence-electron chi connectivity index (χ1n) is 8.24. The zero-order chi connectivity index (χ0) is 15.6. The maximum absolute atomic E-state index is 13.0. The van der Waals surface area contributed by atoms with Crippen LogP contribution in [0.25, 0.3) is 0 Å². The highest BCUT2D eigenvalue weighted by Gasteiger charge is 2.36. The van der Waals surface area contributed by atoms with E-state index in [0.717, 1.165) is 31.4 Å². The van der Waals surface area contributed by atoms with E-state index in [1.807, 2.05) is 23.1 Å². The number of hydrogen-bond acceptors (Lipinski definition) is 3. The average Bonchev–Trinajstić information content (AvgIpc) is 3.15. The molecule has 23 heavy (non-hydrogen) atoms. The summed E-state index contributed by atoms with van der Waals surface area (Å²) in [5.74, 6) is 0.124. The van der Waals surface area contributed by atoms with Gasteiger partial charge in [-0.15, -0.1) is 0 Å². The number of amides is 1. The fraction of sp³-hybridized carbons (Fsp3) is 0.368. The maximum atomic E-state index is 13.0. The topological polar surface area (TPSA) is 42.4 Å². The summed E-state index contributed by atoms with van der Waals surface area (Å²) < 4.78 is 5.64. The Morgan fingerprint density at radius 3 is 2.78 bits per heavy atom. The lowest BCUT2D eigenvalue weighted by molar-refractivity contribution is -0.143. The molecule has 0 radical (unpaired) electrons. The van der Waals surface area contributed by atoms with Gasteiger partial charge in [-0.2, -0.15) is 0 Å². The molecule has 118 valence electrons. The molecule has 2 atom stereocenters. The Hall–Kier alpha value is -2.20. The molecule has 0 spiro atoms. The minimum absolute atomic E-state index is 0.0420. The van der Waals surface area contributed by atoms with Crippen LogP contribution >= 0.6 is 0 Å². The highest BCUT2D eigenvalue weighted by atomic mass is 16.5. The Labute approximate surface area is 136 Å². The largest absolute Gasteiger partial charge is 0.368 e. The summed E-state index contributed by atoms with van der Waals surface area (Å²) in [7, 11) is 0. The van der Waals surface area contributed by atoms with Crippen molar-refractivity contribution in [2.45, 2.75) is 31.4 Å². The Kier molecular flexibility index (Phi) is 3.83. The molecule has 0 saturated carbocycles. The molecule has 1 aromatic carbocycles. The molecular weight excluding hydrogens is 288 g/mol. The van der Waals surface area contributed by atoms with Crippen molar-refractivity contribution in [1.82, 2.24) is 9.88 Å². The van der Waals surface area contributed by atoms with Gasteiger partial charge in [0, 0.05) is 25.5 Å². The highest BCUT2D eigenvalue weighted by molar-refractivity contribution is 5.82. The van der Waals surface area contributed by atoms with E-state index in [2.05, 4.69) is 23.2 Å². The molecular formula is C19H20N2O2. The van der Waals surface area contributed by atoms with E-state index in [1.54, 1.807) is 12.4 Å². The molecule has 1 saturated heterocycles. The summed E-state index contributed by atoms with van der Waals surface area (Å²) in [4.78, 5) is 19.1. The summed E-state index contributed by atoms with van der Waals surface area (Å²) in [6.45, 7) is 1.43. The molecule has 4 nitrogen and oxygen atoms in total. The van der Waals surface area contributed by atoms with E-state index in [9.17, 15) is 4.79 Å². The van der Waals surface area contributed by atoms with Crippen molar-refractivity contribution in [2.75, 3.05) is 13.2 Å². The minimum atomic E-state index is -0.274. The van der Waals surface area contributed by atoms with Crippen molar-refractivity contribution < 1.29 is 9.53 Å². The minimum Gasteiger partial charge on any atom is -0.368 e. The van der Waals surface area contributed by atoms with Crippen LogP contribution in [-0.4, -0.2) is 35.0 Å². The first kappa shape index (κ1) is 14.4. The summed E-state index contributed by atoms with van der Waals surface area (Å²) in [5.41, 5.74) is 3.65. The fourth-order valence-corrected chi connectivity index (χ4v) is 3.67. The van der Waals surface area contributed by atoms with Crippen LogP contribution in [0.2, 0.25) is 0 Å². The molecule has 2 aromatic rings. The normalized spacial score (nSPS) is 23.6. The van der Waals surface area contributed by atoms with Crippen LogP contribution in [0.4, 0.5) is 0 Å². The molecule has 2 unspecified atom stereocenters. The Morgan fingerprint density at radius 1 is 1.17 bits per heavy atom. The van der Waals surface area contributed by atoms with Gasteiger partial charge in [-0.3, -0.25) is 9.78 Å². The zero-order valence-electron chi connectivity index (χ0n) is 13.0.